The second kappa shape index (κ2) is 5.29. The molecule has 16 heavy (non-hydrogen) atoms. The minimum atomic E-state index is -0.366. The van der Waals surface area contributed by atoms with Crippen molar-refractivity contribution in [1.29, 1.82) is 0 Å². The third-order valence-electron chi connectivity index (χ3n) is 3.25. The molecular formula is C11H20BrN3O. The molecule has 1 aromatic heterocycles. The first-order valence-corrected chi connectivity index (χ1v) is 6.31. The monoisotopic (exact) mass is 289 g/mol. The van der Waals surface area contributed by atoms with Crippen LogP contribution in [0.2, 0.25) is 0 Å². The zero-order valence-electron chi connectivity index (χ0n) is 10.3. The van der Waals surface area contributed by atoms with Crippen molar-refractivity contribution in [2.45, 2.75) is 45.4 Å². The number of nitrogens with two attached hydrogens (primary N) is 1. The van der Waals surface area contributed by atoms with Gasteiger partial charge in [-0.3, -0.25) is 4.68 Å². The van der Waals surface area contributed by atoms with Crippen molar-refractivity contribution in [3.8, 4) is 0 Å². The van der Waals surface area contributed by atoms with Crippen LogP contribution in [0.5, 0.6) is 0 Å². The maximum atomic E-state index is 6.30. The molecule has 0 aliphatic carbocycles. The number of aryl methyl sites for hydroxylation is 1. The van der Waals surface area contributed by atoms with Crippen LogP contribution in [0, 0.1) is 0 Å². The lowest BCUT2D eigenvalue weighted by molar-refractivity contribution is -0.0216. The van der Waals surface area contributed by atoms with Gasteiger partial charge in [-0.2, -0.15) is 5.10 Å². The molecule has 0 aliphatic heterocycles. The van der Waals surface area contributed by atoms with Crippen LogP contribution in [0.25, 0.3) is 0 Å². The van der Waals surface area contributed by atoms with Crippen LogP contribution in [0.3, 0.4) is 0 Å². The van der Waals surface area contributed by atoms with Crippen molar-refractivity contribution in [1.82, 2.24) is 9.78 Å². The van der Waals surface area contributed by atoms with E-state index < -0.39 is 0 Å². The van der Waals surface area contributed by atoms with Crippen molar-refractivity contribution in [3.63, 3.8) is 0 Å². The first-order chi connectivity index (χ1) is 7.50. The van der Waals surface area contributed by atoms with Crippen LogP contribution in [-0.2, 0) is 11.3 Å². The highest BCUT2D eigenvalue weighted by Crippen LogP contribution is 2.33. The molecule has 1 aromatic rings. The summed E-state index contributed by atoms with van der Waals surface area (Å²) in [5.41, 5.74) is 6.93. The molecule has 0 aliphatic rings. The van der Waals surface area contributed by atoms with Crippen LogP contribution >= 0.6 is 15.9 Å². The summed E-state index contributed by atoms with van der Waals surface area (Å²) >= 11 is 3.49. The molecule has 0 fully saturated rings. The molecule has 5 heteroatoms. The van der Waals surface area contributed by atoms with Gasteiger partial charge in [-0.25, -0.2) is 0 Å². The molecule has 0 saturated carbocycles. The van der Waals surface area contributed by atoms with Crippen molar-refractivity contribution in [3.05, 3.63) is 16.4 Å². The number of methoxy groups -OCH3 is 1. The number of hydrogen-bond donors (Lipinski definition) is 1. The van der Waals surface area contributed by atoms with Gasteiger partial charge in [0.25, 0.3) is 0 Å². The number of aromatic nitrogens is 2. The maximum absolute atomic E-state index is 6.30. The van der Waals surface area contributed by atoms with Crippen LogP contribution in [0.15, 0.2) is 10.7 Å². The molecule has 1 rings (SSSR count). The van der Waals surface area contributed by atoms with Crippen LogP contribution in [0.1, 0.15) is 38.9 Å². The van der Waals surface area contributed by atoms with Crippen LogP contribution in [0.4, 0.5) is 0 Å². The van der Waals surface area contributed by atoms with Crippen molar-refractivity contribution in [2.75, 3.05) is 7.11 Å². The predicted octanol–water partition coefficient (Wildman–Crippen LogP) is 2.48. The van der Waals surface area contributed by atoms with E-state index in [0.717, 1.165) is 23.1 Å². The molecule has 0 saturated heterocycles. The van der Waals surface area contributed by atoms with E-state index in [1.165, 1.54) is 0 Å². The van der Waals surface area contributed by atoms with Gasteiger partial charge in [0.15, 0.2) is 0 Å². The van der Waals surface area contributed by atoms with E-state index in [-0.39, 0.29) is 11.6 Å². The summed E-state index contributed by atoms with van der Waals surface area (Å²) < 4.78 is 8.39. The minimum absolute atomic E-state index is 0.195. The summed E-state index contributed by atoms with van der Waals surface area (Å²) in [4.78, 5) is 0. The molecule has 92 valence electrons. The molecule has 0 amide bonds. The number of hydrogen-bond acceptors (Lipinski definition) is 3. The standard InChI is InChI=1S/C11H20BrN3O/c1-5-11(3,16-4)10(13)9-8(12)7-14-15(9)6-2/h7,10H,5-6,13H2,1-4H3. The first kappa shape index (κ1) is 13.7. The molecule has 0 aromatic carbocycles. The van der Waals surface area contributed by atoms with E-state index in [0.29, 0.717) is 0 Å². The van der Waals surface area contributed by atoms with Gasteiger partial charge in [-0.1, -0.05) is 6.92 Å². The van der Waals surface area contributed by atoms with Crippen LogP contribution < -0.4 is 5.73 Å². The Labute approximate surface area is 105 Å². The average molecular weight is 290 g/mol. The molecule has 2 atom stereocenters. The third-order valence-corrected chi connectivity index (χ3v) is 3.86. The molecule has 4 nitrogen and oxygen atoms in total. The van der Waals surface area contributed by atoms with Gasteiger partial charge in [0.05, 0.1) is 28.0 Å². The van der Waals surface area contributed by atoms with E-state index in [1.807, 2.05) is 18.5 Å². The van der Waals surface area contributed by atoms with Gasteiger partial charge < -0.3 is 10.5 Å². The van der Waals surface area contributed by atoms with Gasteiger partial charge in [0.2, 0.25) is 0 Å². The van der Waals surface area contributed by atoms with Crippen molar-refractivity contribution in [2.24, 2.45) is 5.73 Å². The Kier molecular flexibility index (Phi) is 4.52. The molecule has 0 bridgehead atoms. The fourth-order valence-electron chi connectivity index (χ4n) is 1.71. The Bertz CT molecular complexity index is 347. The average Bonchev–Trinajstić information content (AvgIpc) is 2.68. The first-order valence-electron chi connectivity index (χ1n) is 5.52. The SMILES string of the molecule is CCn1ncc(Br)c1C(N)C(C)(CC)OC. The van der Waals surface area contributed by atoms with E-state index >= 15 is 0 Å². The summed E-state index contributed by atoms with van der Waals surface area (Å²) in [5.74, 6) is 0. The largest absolute Gasteiger partial charge is 0.376 e. The Balaban J connectivity index is 3.12. The topological polar surface area (TPSA) is 53.1 Å². The highest BCUT2D eigenvalue weighted by Gasteiger charge is 2.34. The third kappa shape index (κ3) is 2.31. The predicted molar refractivity (Wildman–Crippen MR) is 68.2 cm³/mol. The second-order valence-electron chi connectivity index (χ2n) is 4.04. The fraction of sp³-hybridized carbons (Fsp3) is 0.727. The zero-order chi connectivity index (χ0) is 12.3. The summed E-state index contributed by atoms with van der Waals surface area (Å²) in [5, 5.41) is 4.27. The Morgan fingerprint density at radius 3 is 2.69 bits per heavy atom. The number of ether oxygens (including phenoxy) is 1. The van der Waals surface area contributed by atoms with Crippen molar-refractivity contribution >= 4 is 15.9 Å². The fourth-order valence-corrected chi connectivity index (χ4v) is 2.26. The normalized spacial score (nSPS) is 17.1. The lowest BCUT2D eigenvalue weighted by atomic mass is 9.91. The Morgan fingerprint density at radius 2 is 2.25 bits per heavy atom. The van der Waals surface area contributed by atoms with E-state index in [9.17, 15) is 0 Å². The van der Waals surface area contributed by atoms with Gasteiger partial charge in [-0.05, 0) is 36.2 Å². The van der Waals surface area contributed by atoms with E-state index in [4.69, 9.17) is 10.5 Å². The summed E-state index contributed by atoms with van der Waals surface area (Å²) in [6.45, 7) is 6.95. The smallest absolute Gasteiger partial charge is 0.0855 e. The summed E-state index contributed by atoms with van der Waals surface area (Å²) in [6, 6.07) is -0.195. The Hall–Kier alpha value is -0.390. The van der Waals surface area contributed by atoms with Crippen molar-refractivity contribution < 1.29 is 4.74 Å². The quantitative estimate of drug-likeness (QED) is 0.906. The molecular weight excluding hydrogens is 270 g/mol. The van der Waals surface area contributed by atoms with Gasteiger partial charge >= 0.3 is 0 Å². The summed E-state index contributed by atoms with van der Waals surface area (Å²) in [7, 11) is 1.70. The highest BCUT2D eigenvalue weighted by atomic mass is 79.9. The minimum Gasteiger partial charge on any atom is -0.376 e. The lowest BCUT2D eigenvalue weighted by Gasteiger charge is -2.33. The second-order valence-corrected chi connectivity index (χ2v) is 4.90. The number of rotatable bonds is 5. The Morgan fingerprint density at radius 1 is 1.62 bits per heavy atom. The highest BCUT2D eigenvalue weighted by molar-refractivity contribution is 9.10. The zero-order valence-corrected chi connectivity index (χ0v) is 11.9. The van der Waals surface area contributed by atoms with E-state index in [2.05, 4.69) is 28.0 Å². The van der Waals surface area contributed by atoms with Gasteiger partial charge in [0, 0.05) is 13.7 Å². The molecule has 1 heterocycles. The molecule has 0 radical (unpaired) electrons. The summed E-state index contributed by atoms with van der Waals surface area (Å²) in [6.07, 6.45) is 2.64. The van der Waals surface area contributed by atoms with Gasteiger partial charge in [-0.15, -0.1) is 0 Å². The van der Waals surface area contributed by atoms with Gasteiger partial charge in [0.1, 0.15) is 0 Å². The lowest BCUT2D eigenvalue weighted by Crippen LogP contribution is -2.41. The number of halogens is 1. The molecule has 0 spiro atoms. The molecule has 2 N–H and O–H groups in total. The number of nitrogens with zero attached hydrogens (tertiary/aromatic N) is 2. The van der Waals surface area contributed by atoms with E-state index in [1.54, 1.807) is 13.3 Å². The maximum Gasteiger partial charge on any atom is 0.0855 e. The molecule has 2 unspecified atom stereocenters. The van der Waals surface area contributed by atoms with Crippen LogP contribution in [-0.4, -0.2) is 22.5 Å².